The van der Waals surface area contributed by atoms with Gasteiger partial charge in [0.1, 0.15) is 0 Å². The number of H-pyrrole nitrogens is 2. The summed E-state index contributed by atoms with van der Waals surface area (Å²) in [7, 11) is 0. The molecule has 1 fully saturated rings. The molecule has 154 valence electrons. The van der Waals surface area contributed by atoms with Crippen LogP contribution in [0.2, 0.25) is 0 Å². The summed E-state index contributed by atoms with van der Waals surface area (Å²) < 4.78 is 0. The van der Waals surface area contributed by atoms with Crippen LogP contribution in [0.1, 0.15) is 23.3 Å². The highest BCUT2D eigenvalue weighted by Gasteiger charge is 2.29. The number of hydrogen-bond acceptors (Lipinski definition) is 5. The number of fused-ring (bicyclic) bond motifs is 1. The summed E-state index contributed by atoms with van der Waals surface area (Å²) in [4.78, 5) is 42.9. The van der Waals surface area contributed by atoms with Crippen LogP contribution >= 0.6 is 0 Å². The molecule has 1 aromatic carbocycles. The number of pyridine rings is 2. The molecule has 1 aliphatic rings. The van der Waals surface area contributed by atoms with Crippen molar-refractivity contribution in [3.05, 3.63) is 71.0 Å². The largest absolute Gasteiger partial charge is 0.329 e. The summed E-state index contributed by atoms with van der Waals surface area (Å²) in [6, 6.07) is 10.3. The van der Waals surface area contributed by atoms with Crippen LogP contribution in [0, 0.1) is 5.92 Å². The summed E-state index contributed by atoms with van der Waals surface area (Å²) in [5.74, 6) is -0.312. The number of aromatic nitrogens is 4. The van der Waals surface area contributed by atoms with Gasteiger partial charge in [-0.25, -0.2) is 0 Å². The molecule has 31 heavy (non-hydrogen) atoms. The molecule has 9 heteroatoms. The maximum atomic E-state index is 12.7. The van der Waals surface area contributed by atoms with E-state index < -0.39 is 5.91 Å². The summed E-state index contributed by atoms with van der Waals surface area (Å²) in [5.41, 5.74) is 3.24. The van der Waals surface area contributed by atoms with Crippen LogP contribution in [-0.2, 0) is 4.79 Å². The smallest absolute Gasteiger partial charge is 0.276 e. The van der Waals surface area contributed by atoms with Crippen molar-refractivity contribution in [3.63, 3.8) is 0 Å². The minimum Gasteiger partial charge on any atom is -0.329 e. The number of hydrogen-bond donors (Lipinski definition) is 4. The predicted octanol–water partition coefficient (Wildman–Crippen LogP) is 2.91. The molecule has 2 amide bonds. The fourth-order valence-electron chi connectivity index (χ4n) is 3.34. The molecule has 3 heterocycles. The Labute approximate surface area is 175 Å². The van der Waals surface area contributed by atoms with Crippen molar-refractivity contribution in [1.82, 2.24) is 20.2 Å². The van der Waals surface area contributed by atoms with E-state index in [9.17, 15) is 14.4 Å². The molecule has 0 bridgehead atoms. The van der Waals surface area contributed by atoms with E-state index in [2.05, 4.69) is 30.8 Å². The van der Waals surface area contributed by atoms with Gasteiger partial charge in [-0.05, 0) is 42.7 Å². The van der Waals surface area contributed by atoms with Crippen molar-refractivity contribution >= 4 is 34.1 Å². The summed E-state index contributed by atoms with van der Waals surface area (Å²) in [6.07, 6.45) is 6.63. The van der Waals surface area contributed by atoms with Crippen molar-refractivity contribution in [2.75, 3.05) is 10.6 Å². The molecule has 3 aromatic heterocycles. The van der Waals surface area contributed by atoms with Gasteiger partial charge >= 0.3 is 0 Å². The van der Waals surface area contributed by atoms with E-state index in [0.717, 1.165) is 24.0 Å². The highest BCUT2D eigenvalue weighted by atomic mass is 16.2. The van der Waals surface area contributed by atoms with Gasteiger partial charge in [0, 0.05) is 41.0 Å². The van der Waals surface area contributed by atoms with E-state index in [-0.39, 0.29) is 23.1 Å². The predicted molar refractivity (Wildman–Crippen MR) is 116 cm³/mol. The highest BCUT2D eigenvalue weighted by Crippen LogP contribution is 2.31. The molecule has 0 spiro atoms. The van der Waals surface area contributed by atoms with Crippen LogP contribution in [0.5, 0.6) is 0 Å². The second-order valence-electron chi connectivity index (χ2n) is 7.45. The Balaban J connectivity index is 1.44. The third-order valence-corrected chi connectivity index (χ3v) is 5.10. The molecule has 0 saturated heterocycles. The number of benzene rings is 1. The third kappa shape index (κ3) is 3.93. The van der Waals surface area contributed by atoms with Crippen molar-refractivity contribution in [2.45, 2.75) is 12.8 Å². The Morgan fingerprint density at radius 3 is 2.65 bits per heavy atom. The zero-order valence-corrected chi connectivity index (χ0v) is 16.3. The Bertz CT molecular complexity index is 1370. The lowest BCUT2D eigenvalue weighted by molar-refractivity contribution is -0.117. The Morgan fingerprint density at radius 2 is 1.84 bits per heavy atom. The van der Waals surface area contributed by atoms with Crippen molar-refractivity contribution in [3.8, 4) is 11.1 Å². The average Bonchev–Trinajstić information content (AvgIpc) is 3.53. The molecular weight excluding hydrogens is 396 g/mol. The summed E-state index contributed by atoms with van der Waals surface area (Å²) in [6.45, 7) is 0. The first-order valence-corrected chi connectivity index (χ1v) is 9.81. The van der Waals surface area contributed by atoms with E-state index in [1.165, 1.54) is 12.3 Å². The second-order valence-corrected chi connectivity index (χ2v) is 7.45. The maximum absolute atomic E-state index is 12.7. The van der Waals surface area contributed by atoms with Gasteiger partial charge in [-0.1, -0.05) is 6.07 Å². The molecule has 0 atom stereocenters. The van der Waals surface area contributed by atoms with Gasteiger partial charge in [-0.3, -0.25) is 24.5 Å². The van der Waals surface area contributed by atoms with Gasteiger partial charge < -0.3 is 15.6 Å². The highest BCUT2D eigenvalue weighted by molar-refractivity contribution is 6.11. The fraction of sp³-hybridized carbons (Fsp3) is 0.136. The van der Waals surface area contributed by atoms with Gasteiger partial charge in [0.15, 0.2) is 5.69 Å². The number of amides is 2. The van der Waals surface area contributed by atoms with Crippen molar-refractivity contribution in [2.24, 2.45) is 5.92 Å². The Kier molecular flexibility index (Phi) is 4.55. The van der Waals surface area contributed by atoms with Crippen molar-refractivity contribution in [1.29, 1.82) is 0 Å². The van der Waals surface area contributed by atoms with Crippen LogP contribution in [0.25, 0.3) is 22.0 Å². The summed E-state index contributed by atoms with van der Waals surface area (Å²) in [5, 5.41) is 13.2. The normalized spacial score (nSPS) is 13.2. The van der Waals surface area contributed by atoms with E-state index >= 15 is 0 Å². The lowest BCUT2D eigenvalue weighted by Crippen LogP contribution is -2.15. The summed E-state index contributed by atoms with van der Waals surface area (Å²) >= 11 is 0. The van der Waals surface area contributed by atoms with Crippen molar-refractivity contribution < 1.29 is 9.59 Å². The SMILES string of the molecule is O=C(Nc1cc[nH]c(=O)c1)c1n[nH]c2ccc(-c3cncc(NC(=O)C4CC4)c3)cc12. The van der Waals surface area contributed by atoms with Gasteiger partial charge in [-0.15, -0.1) is 0 Å². The molecular formula is C22H18N6O3. The third-order valence-electron chi connectivity index (χ3n) is 5.10. The number of carbonyl (C=O) groups is 2. The fourth-order valence-corrected chi connectivity index (χ4v) is 3.34. The molecule has 4 N–H and O–H groups in total. The molecule has 1 saturated carbocycles. The molecule has 1 aliphatic carbocycles. The maximum Gasteiger partial charge on any atom is 0.276 e. The number of carbonyl (C=O) groups excluding carboxylic acids is 2. The first-order valence-electron chi connectivity index (χ1n) is 9.81. The number of anilines is 2. The standard InChI is InChI=1S/C22H18N6O3/c29-19-9-15(5-6-24-19)25-22(31)20-17-8-13(3-4-18(17)27-28-20)14-7-16(11-23-10-14)26-21(30)12-1-2-12/h3-12H,1-2H2,(H,26,30)(H,27,28)(H2,24,25,29,31). The monoisotopic (exact) mass is 414 g/mol. The lowest BCUT2D eigenvalue weighted by atomic mass is 10.0. The molecule has 0 aliphatic heterocycles. The minimum absolute atomic E-state index is 0.0166. The van der Waals surface area contributed by atoms with E-state index in [0.29, 0.717) is 22.3 Å². The quantitative estimate of drug-likeness (QED) is 0.399. The minimum atomic E-state index is -0.433. The topological polar surface area (TPSA) is 133 Å². The zero-order valence-electron chi connectivity index (χ0n) is 16.3. The average molecular weight is 414 g/mol. The lowest BCUT2D eigenvalue weighted by Gasteiger charge is -2.07. The van der Waals surface area contributed by atoms with Gasteiger partial charge in [0.2, 0.25) is 11.5 Å². The number of rotatable bonds is 5. The Morgan fingerprint density at radius 1 is 0.968 bits per heavy atom. The van der Waals surface area contributed by atoms with Crippen LogP contribution in [0.3, 0.4) is 0 Å². The Hall–Kier alpha value is -4.27. The number of nitrogens with zero attached hydrogens (tertiary/aromatic N) is 2. The van der Waals surface area contributed by atoms with Crippen LogP contribution in [0.15, 0.2) is 59.8 Å². The van der Waals surface area contributed by atoms with Crippen LogP contribution in [-0.4, -0.2) is 32.0 Å². The van der Waals surface area contributed by atoms with E-state index in [4.69, 9.17) is 0 Å². The van der Waals surface area contributed by atoms with Crippen LogP contribution in [0.4, 0.5) is 11.4 Å². The van der Waals surface area contributed by atoms with Gasteiger partial charge in [0.05, 0.1) is 17.4 Å². The zero-order chi connectivity index (χ0) is 21.4. The molecule has 0 radical (unpaired) electrons. The van der Waals surface area contributed by atoms with Crippen LogP contribution < -0.4 is 16.2 Å². The number of aromatic amines is 2. The second kappa shape index (κ2) is 7.52. The van der Waals surface area contributed by atoms with Gasteiger partial charge in [0.25, 0.3) is 5.91 Å². The van der Waals surface area contributed by atoms with E-state index in [1.807, 2.05) is 24.3 Å². The van der Waals surface area contributed by atoms with E-state index in [1.54, 1.807) is 18.5 Å². The van der Waals surface area contributed by atoms with Gasteiger partial charge in [-0.2, -0.15) is 5.10 Å². The molecule has 9 nitrogen and oxygen atoms in total. The molecule has 0 unspecified atom stereocenters. The first-order chi connectivity index (χ1) is 15.1. The number of nitrogens with one attached hydrogen (secondary N) is 4. The molecule has 5 rings (SSSR count). The molecule has 4 aromatic rings. The first kappa shape index (κ1) is 18.7.